The molecule has 2 N–H and O–H groups in total. The number of hydrogen-bond acceptors (Lipinski definition) is 2. The first-order chi connectivity index (χ1) is 11.2. The highest BCUT2D eigenvalue weighted by atomic mass is 16.4. The largest absolute Gasteiger partial charge is 0.478 e. The van der Waals surface area contributed by atoms with Crippen LogP contribution in [-0.2, 0) is 5.41 Å². The van der Waals surface area contributed by atoms with Crippen molar-refractivity contribution in [2.75, 3.05) is 0 Å². The Labute approximate surface area is 139 Å². The van der Waals surface area contributed by atoms with Crippen molar-refractivity contribution in [2.45, 2.75) is 26.2 Å². The lowest BCUT2D eigenvalue weighted by Crippen LogP contribution is -2.14. The highest BCUT2D eigenvalue weighted by Crippen LogP contribution is 2.39. The van der Waals surface area contributed by atoms with Crippen molar-refractivity contribution in [3.63, 3.8) is 0 Å². The van der Waals surface area contributed by atoms with E-state index in [1.807, 2.05) is 32.9 Å². The molecule has 0 aliphatic carbocycles. The number of carboxylic acid groups (broad SMARTS) is 2. The van der Waals surface area contributed by atoms with Crippen LogP contribution in [0.5, 0.6) is 0 Å². The minimum Gasteiger partial charge on any atom is -0.478 e. The molecule has 3 rings (SSSR count). The van der Waals surface area contributed by atoms with E-state index in [9.17, 15) is 19.8 Å². The molecule has 0 unspecified atom stereocenters. The number of aromatic carboxylic acids is 2. The molecule has 0 heterocycles. The van der Waals surface area contributed by atoms with Gasteiger partial charge in [-0.05, 0) is 50.7 Å². The van der Waals surface area contributed by atoms with Gasteiger partial charge in [0.05, 0.1) is 11.1 Å². The molecule has 4 heteroatoms. The Balaban J connectivity index is 2.65. The van der Waals surface area contributed by atoms with E-state index >= 15 is 0 Å². The standard InChI is InChI=1S/C20H18O4/c1-20(2,3)17-11-6-4-8-13(18(21)22)15(11)10-16-12(17)7-5-9-14(16)19(23)24/h4-10H,1-3H3,(H,21,22)(H,23,24). The highest BCUT2D eigenvalue weighted by Gasteiger charge is 2.24. The lowest BCUT2D eigenvalue weighted by molar-refractivity contribution is 0.0688. The van der Waals surface area contributed by atoms with Crippen molar-refractivity contribution in [2.24, 2.45) is 0 Å². The summed E-state index contributed by atoms with van der Waals surface area (Å²) < 4.78 is 0. The van der Waals surface area contributed by atoms with Crippen LogP contribution in [0.15, 0.2) is 42.5 Å². The number of benzene rings is 3. The summed E-state index contributed by atoms with van der Waals surface area (Å²) in [6, 6.07) is 12.0. The SMILES string of the molecule is CC(C)(C)c1c2cccc(C(=O)O)c2cc2c(C(=O)O)cccc12. The second kappa shape index (κ2) is 5.34. The Kier molecular flexibility index (Phi) is 3.56. The fourth-order valence-corrected chi connectivity index (χ4v) is 3.35. The van der Waals surface area contributed by atoms with Crippen molar-refractivity contribution < 1.29 is 19.8 Å². The molecule has 0 saturated carbocycles. The number of carboxylic acids is 2. The summed E-state index contributed by atoms with van der Waals surface area (Å²) in [7, 11) is 0. The van der Waals surface area contributed by atoms with Crippen LogP contribution in [0.1, 0.15) is 47.1 Å². The van der Waals surface area contributed by atoms with Crippen LogP contribution < -0.4 is 0 Å². The van der Waals surface area contributed by atoms with Gasteiger partial charge in [0.2, 0.25) is 0 Å². The summed E-state index contributed by atoms with van der Waals surface area (Å²) >= 11 is 0. The third-order valence-electron chi connectivity index (χ3n) is 4.25. The Morgan fingerprint density at radius 2 is 1.17 bits per heavy atom. The first-order valence-electron chi connectivity index (χ1n) is 7.67. The van der Waals surface area contributed by atoms with Gasteiger partial charge < -0.3 is 10.2 Å². The topological polar surface area (TPSA) is 74.6 Å². The minimum absolute atomic E-state index is 0.181. The lowest BCUT2D eigenvalue weighted by atomic mass is 9.79. The van der Waals surface area contributed by atoms with Crippen LogP contribution in [-0.4, -0.2) is 22.2 Å². The normalized spacial score (nSPS) is 11.8. The molecule has 0 aliphatic heterocycles. The first-order valence-corrected chi connectivity index (χ1v) is 7.67. The number of hydrogen-bond donors (Lipinski definition) is 2. The zero-order valence-corrected chi connectivity index (χ0v) is 13.8. The van der Waals surface area contributed by atoms with E-state index < -0.39 is 11.9 Å². The fraction of sp³-hybridized carbons (Fsp3) is 0.200. The molecule has 0 bridgehead atoms. The summed E-state index contributed by atoms with van der Waals surface area (Å²) in [6.07, 6.45) is 0. The molecule has 4 nitrogen and oxygen atoms in total. The molecule has 0 fully saturated rings. The molecule has 24 heavy (non-hydrogen) atoms. The fourth-order valence-electron chi connectivity index (χ4n) is 3.35. The molecule has 0 atom stereocenters. The maximum Gasteiger partial charge on any atom is 0.336 e. The smallest absolute Gasteiger partial charge is 0.336 e. The number of rotatable bonds is 2. The van der Waals surface area contributed by atoms with Gasteiger partial charge >= 0.3 is 11.9 Å². The summed E-state index contributed by atoms with van der Waals surface area (Å²) in [6.45, 7) is 6.13. The Morgan fingerprint density at radius 3 is 1.50 bits per heavy atom. The first kappa shape index (κ1) is 16.0. The quantitative estimate of drug-likeness (QED) is 0.671. The predicted molar refractivity (Wildman–Crippen MR) is 94.1 cm³/mol. The van der Waals surface area contributed by atoms with Gasteiger partial charge in [-0.25, -0.2) is 9.59 Å². The van der Waals surface area contributed by atoms with Gasteiger partial charge in [0, 0.05) is 0 Å². The molecule has 0 aromatic heterocycles. The van der Waals surface area contributed by atoms with Crippen LogP contribution >= 0.6 is 0 Å². The van der Waals surface area contributed by atoms with E-state index in [1.54, 1.807) is 30.3 Å². The van der Waals surface area contributed by atoms with E-state index in [-0.39, 0.29) is 16.5 Å². The Morgan fingerprint density at radius 1 is 0.750 bits per heavy atom. The third-order valence-corrected chi connectivity index (χ3v) is 4.25. The second-order valence-electron chi connectivity index (χ2n) is 6.91. The van der Waals surface area contributed by atoms with Crippen molar-refractivity contribution in [3.8, 4) is 0 Å². The van der Waals surface area contributed by atoms with E-state index in [1.165, 1.54) is 0 Å². The molecule has 0 saturated heterocycles. The van der Waals surface area contributed by atoms with Gasteiger partial charge in [0.25, 0.3) is 0 Å². The van der Waals surface area contributed by atoms with Crippen molar-refractivity contribution in [1.29, 1.82) is 0 Å². The van der Waals surface area contributed by atoms with Crippen LogP contribution in [0.25, 0.3) is 21.5 Å². The molecule has 122 valence electrons. The molecule has 0 spiro atoms. The summed E-state index contributed by atoms with van der Waals surface area (Å²) in [5.41, 5.74) is 1.05. The van der Waals surface area contributed by atoms with E-state index in [0.29, 0.717) is 10.8 Å². The van der Waals surface area contributed by atoms with Crippen molar-refractivity contribution in [1.82, 2.24) is 0 Å². The van der Waals surface area contributed by atoms with E-state index in [4.69, 9.17) is 0 Å². The molecule has 0 radical (unpaired) electrons. The Bertz CT molecular complexity index is 922. The highest BCUT2D eigenvalue weighted by molar-refractivity contribution is 6.14. The Hall–Kier alpha value is -2.88. The average molecular weight is 322 g/mol. The third kappa shape index (κ3) is 2.40. The summed E-state index contributed by atoms with van der Waals surface area (Å²) in [4.78, 5) is 23.2. The summed E-state index contributed by atoms with van der Waals surface area (Å²) in [5, 5.41) is 21.8. The van der Waals surface area contributed by atoms with Gasteiger partial charge in [-0.15, -0.1) is 0 Å². The predicted octanol–water partition coefficient (Wildman–Crippen LogP) is 4.69. The van der Waals surface area contributed by atoms with Crippen molar-refractivity contribution >= 4 is 33.5 Å². The zero-order valence-electron chi connectivity index (χ0n) is 13.8. The monoisotopic (exact) mass is 322 g/mol. The van der Waals surface area contributed by atoms with Crippen LogP contribution in [0.2, 0.25) is 0 Å². The van der Waals surface area contributed by atoms with Crippen LogP contribution in [0.4, 0.5) is 0 Å². The maximum atomic E-state index is 11.6. The zero-order chi connectivity index (χ0) is 17.6. The van der Waals surface area contributed by atoms with Crippen LogP contribution in [0, 0.1) is 0 Å². The number of carbonyl (C=O) groups is 2. The maximum absolute atomic E-state index is 11.6. The number of fused-ring (bicyclic) bond motifs is 2. The van der Waals surface area contributed by atoms with Gasteiger partial charge in [-0.2, -0.15) is 0 Å². The van der Waals surface area contributed by atoms with Crippen molar-refractivity contribution in [3.05, 3.63) is 59.2 Å². The lowest BCUT2D eigenvalue weighted by Gasteiger charge is -2.25. The second-order valence-corrected chi connectivity index (χ2v) is 6.91. The van der Waals surface area contributed by atoms with Gasteiger partial charge in [0.15, 0.2) is 0 Å². The minimum atomic E-state index is -1.02. The molecule has 3 aromatic carbocycles. The van der Waals surface area contributed by atoms with E-state index in [2.05, 4.69) is 0 Å². The van der Waals surface area contributed by atoms with Gasteiger partial charge in [-0.1, -0.05) is 45.0 Å². The molecule has 0 aliphatic rings. The molecular weight excluding hydrogens is 304 g/mol. The average Bonchev–Trinajstić information content (AvgIpc) is 2.49. The van der Waals surface area contributed by atoms with Gasteiger partial charge in [-0.3, -0.25) is 0 Å². The molecular formula is C20H18O4. The molecule has 0 amide bonds. The van der Waals surface area contributed by atoms with E-state index in [0.717, 1.165) is 16.3 Å². The molecule has 3 aromatic rings. The van der Waals surface area contributed by atoms with Crippen LogP contribution in [0.3, 0.4) is 0 Å². The summed E-state index contributed by atoms with van der Waals surface area (Å²) in [5.74, 6) is -2.04. The van der Waals surface area contributed by atoms with Gasteiger partial charge in [0.1, 0.15) is 0 Å².